The number of aromatic nitrogens is 4. The quantitative estimate of drug-likeness (QED) is 0.847. The van der Waals surface area contributed by atoms with Gasteiger partial charge in [-0.2, -0.15) is 14.6 Å². The van der Waals surface area contributed by atoms with Gasteiger partial charge in [0.15, 0.2) is 0 Å². The fraction of sp³-hybridized carbons (Fsp3) is 0.625. The average Bonchev–Trinajstić information content (AvgIpc) is 3.02. The lowest BCUT2D eigenvalue weighted by atomic mass is 9.97. The van der Waals surface area contributed by atoms with Gasteiger partial charge in [0, 0.05) is 31.4 Å². The highest BCUT2D eigenvalue weighted by molar-refractivity contribution is 5.79. The molecule has 124 valence electrons. The van der Waals surface area contributed by atoms with Gasteiger partial charge >= 0.3 is 0 Å². The van der Waals surface area contributed by atoms with Crippen LogP contribution in [0.3, 0.4) is 0 Å². The first kappa shape index (κ1) is 15.7. The Kier molecular flexibility index (Phi) is 4.73. The average molecular weight is 316 g/mol. The molecule has 1 N–H and O–H groups in total. The zero-order valence-electron chi connectivity index (χ0n) is 13.8. The van der Waals surface area contributed by atoms with Crippen LogP contribution in [0.4, 0.5) is 5.82 Å². The topological polar surface area (TPSA) is 75.4 Å². The molecule has 0 radical (unpaired) electrons. The maximum absolute atomic E-state index is 12.3. The smallest absolute Gasteiger partial charge is 0.254 e. The van der Waals surface area contributed by atoms with Gasteiger partial charge in [-0.15, -0.1) is 0 Å². The Balaban J connectivity index is 1.75. The first-order valence-electron chi connectivity index (χ1n) is 8.39. The van der Waals surface area contributed by atoms with E-state index in [0.717, 1.165) is 56.8 Å². The van der Waals surface area contributed by atoms with Crippen molar-refractivity contribution in [3.63, 3.8) is 0 Å². The number of hydrogen-bond acceptors (Lipinski definition) is 5. The molecule has 1 atom stereocenters. The summed E-state index contributed by atoms with van der Waals surface area (Å²) in [6.07, 6.45) is 5.59. The summed E-state index contributed by atoms with van der Waals surface area (Å²) >= 11 is 0. The number of nitrogens with one attached hydrogen (secondary N) is 1. The van der Waals surface area contributed by atoms with E-state index in [1.165, 1.54) is 6.33 Å². The lowest BCUT2D eigenvalue weighted by Gasteiger charge is -2.33. The van der Waals surface area contributed by atoms with Crippen molar-refractivity contribution in [2.24, 2.45) is 5.92 Å². The van der Waals surface area contributed by atoms with Gasteiger partial charge in [0.1, 0.15) is 12.1 Å². The fourth-order valence-electron chi connectivity index (χ4n) is 3.07. The summed E-state index contributed by atoms with van der Waals surface area (Å²) in [7, 11) is 0. The third-order valence-corrected chi connectivity index (χ3v) is 4.31. The minimum Gasteiger partial charge on any atom is -0.356 e. The second kappa shape index (κ2) is 6.93. The molecule has 0 spiro atoms. The van der Waals surface area contributed by atoms with Gasteiger partial charge in [-0.1, -0.05) is 13.3 Å². The molecule has 3 heterocycles. The highest BCUT2D eigenvalue weighted by atomic mass is 16.1. The normalized spacial score (nSPS) is 18.3. The van der Waals surface area contributed by atoms with E-state index in [9.17, 15) is 4.79 Å². The van der Waals surface area contributed by atoms with Crippen LogP contribution in [0, 0.1) is 12.8 Å². The Morgan fingerprint density at radius 2 is 2.35 bits per heavy atom. The number of hydrogen-bond donors (Lipinski definition) is 1. The van der Waals surface area contributed by atoms with Crippen LogP contribution in [0.2, 0.25) is 0 Å². The molecular formula is C16H24N6O. The van der Waals surface area contributed by atoms with E-state index in [1.54, 1.807) is 4.52 Å². The first-order valence-corrected chi connectivity index (χ1v) is 8.39. The van der Waals surface area contributed by atoms with Crippen LogP contribution in [0.5, 0.6) is 0 Å². The van der Waals surface area contributed by atoms with Gasteiger partial charge in [0.25, 0.3) is 5.78 Å². The second-order valence-corrected chi connectivity index (χ2v) is 6.16. The number of carbonyl (C=O) groups is 1. The molecule has 1 unspecified atom stereocenters. The van der Waals surface area contributed by atoms with Gasteiger partial charge in [0.05, 0.1) is 5.92 Å². The number of rotatable bonds is 5. The van der Waals surface area contributed by atoms with E-state index in [1.807, 2.05) is 13.0 Å². The standard InChI is InChI=1S/C16H24N6O/c1-3-4-7-17-15(23)13-6-5-8-21(10-13)14-9-12(2)20-16-18-11-19-22(14)16/h9,11,13H,3-8,10H2,1-2H3,(H,17,23). The van der Waals surface area contributed by atoms with Crippen molar-refractivity contribution < 1.29 is 4.79 Å². The molecule has 1 saturated heterocycles. The molecule has 1 aliphatic rings. The molecule has 3 rings (SSSR count). The van der Waals surface area contributed by atoms with E-state index < -0.39 is 0 Å². The van der Waals surface area contributed by atoms with Crippen molar-refractivity contribution in [3.8, 4) is 0 Å². The molecule has 1 amide bonds. The van der Waals surface area contributed by atoms with Crippen molar-refractivity contribution >= 4 is 17.5 Å². The Hall–Kier alpha value is -2.18. The van der Waals surface area contributed by atoms with Crippen molar-refractivity contribution in [2.75, 3.05) is 24.5 Å². The number of fused-ring (bicyclic) bond motifs is 1. The van der Waals surface area contributed by atoms with Crippen LogP contribution in [0.1, 0.15) is 38.3 Å². The Labute approximate surface area is 136 Å². The number of carbonyl (C=O) groups excluding carboxylic acids is 1. The fourth-order valence-corrected chi connectivity index (χ4v) is 3.07. The van der Waals surface area contributed by atoms with Crippen molar-refractivity contribution in [2.45, 2.75) is 39.5 Å². The Bertz CT molecular complexity index is 682. The number of anilines is 1. The van der Waals surface area contributed by atoms with Crippen LogP contribution < -0.4 is 10.2 Å². The van der Waals surface area contributed by atoms with E-state index in [4.69, 9.17) is 0 Å². The van der Waals surface area contributed by atoms with Crippen molar-refractivity contribution in [3.05, 3.63) is 18.1 Å². The van der Waals surface area contributed by atoms with Gasteiger partial charge < -0.3 is 10.2 Å². The van der Waals surface area contributed by atoms with Crippen molar-refractivity contribution in [1.82, 2.24) is 24.9 Å². The van der Waals surface area contributed by atoms with E-state index in [0.29, 0.717) is 5.78 Å². The van der Waals surface area contributed by atoms with Gasteiger partial charge in [-0.3, -0.25) is 4.79 Å². The summed E-state index contributed by atoms with van der Waals surface area (Å²) < 4.78 is 1.75. The van der Waals surface area contributed by atoms with Crippen LogP contribution in [-0.2, 0) is 4.79 Å². The molecule has 2 aromatic rings. The maximum atomic E-state index is 12.3. The molecule has 0 bridgehead atoms. The SMILES string of the molecule is CCCCNC(=O)C1CCCN(c2cc(C)nc3ncnn23)C1. The number of aryl methyl sites for hydroxylation is 1. The lowest BCUT2D eigenvalue weighted by Crippen LogP contribution is -2.44. The summed E-state index contributed by atoms with van der Waals surface area (Å²) in [5.74, 6) is 1.78. The van der Waals surface area contributed by atoms with Crippen LogP contribution >= 0.6 is 0 Å². The zero-order valence-corrected chi connectivity index (χ0v) is 13.8. The number of piperidine rings is 1. The van der Waals surface area contributed by atoms with Gasteiger partial charge in [-0.25, -0.2) is 4.98 Å². The van der Waals surface area contributed by atoms with E-state index in [-0.39, 0.29) is 11.8 Å². The Morgan fingerprint density at radius 3 is 3.17 bits per heavy atom. The Morgan fingerprint density at radius 1 is 1.48 bits per heavy atom. The van der Waals surface area contributed by atoms with Crippen LogP contribution in [0.25, 0.3) is 5.78 Å². The summed E-state index contributed by atoms with van der Waals surface area (Å²) in [6.45, 7) is 6.50. The molecule has 2 aromatic heterocycles. The lowest BCUT2D eigenvalue weighted by molar-refractivity contribution is -0.125. The molecule has 1 fully saturated rings. The van der Waals surface area contributed by atoms with E-state index >= 15 is 0 Å². The number of amides is 1. The van der Waals surface area contributed by atoms with Gasteiger partial charge in [-0.05, 0) is 26.2 Å². The summed E-state index contributed by atoms with van der Waals surface area (Å²) in [4.78, 5) is 23.1. The molecule has 0 saturated carbocycles. The predicted octanol–water partition coefficient (Wildman–Crippen LogP) is 1.57. The summed E-state index contributed by atoms with van der Waals surface area (Å²) in [5, 5.41) is 7.32. The summed E-state index contributed by atoms with van der Waals surface area (Å²) in [6, 6.07) is 2.01. The molecular weight excluding hydrogens is 292 g/mol. The molecule has 1 aliphatic heterocycles. The predicted molar refractivity (Wildman–Crippen MR) is 88.4 cm³/mol. The minimum atomic E-state index is 0.0349. The van der Waals surface area contributed by atoms with E-state index in [2.05, 4.69) is 32.2 Å². The molecule has 7 heteroatoms. The first-order chi connectivity index (χ1) is 11.2. The second-order valence-electron chi connectivity index (χ2n) is 6.16. The molecule has 23 heavy (non-hydrogen) atoms. The highest BCUT2D eigenvalue weighted by Crippen LogP contribution is 2.23. The minimum absolute atomic E-state index is 0.0349. The highest BCUT2D eigenvalue weighted by Gasteiger charge is 2.27. The van der Waals surface area contributed by atoms with Crippen molar-refractivity contribution in [1.29, 1.82) is 0 Å². The third kappa shape index (κ3) is 3.43. The van der Waals surface area contributed by atoms with Crippen LogP contribution in [0.15, 0.2) is 12.4 Å². The van der Waals surface area contributed by atoms with Crippen LogP contribution in [-0.4, -0.2) is 45.1 Å². The zero-order chi connectivity index (χ0) is 16.2. The monoisotopic (exact) mass is 316 g/mol. The van der Waals surface area contributed by atoms with Gasteiger partial charge in [0.2, 0.25) is 5.91 Å². The number of unbranched alkanes of at least 4 members (excludes halogenated alkanes) is 1. The molecule has 0 aromatic carbocycles. The largest absolute Gasteiger partial charge is 0.356 e. The third-order valence-electron chi connectivity index (χ3n) is 4.31. The summed E-state index contributed by atoms with van der Waals surface area (Å²) in [5.41, 5.74) is 0.912. The maximum Gasteiger partial charge on any atom is 0.254 e. The molecule has 0 aliphatic carbocycles. The molecule has 7 nitrogen and oxygen atoms in total. The number of nitrogens with zero attached hydrogens (tertiary/aromatic N) is 5.